The van der Waals surface area contributed by atoms with Crippen molar-refractivity contribution in [1.29, 1.82) is 0 Å². The molecule has 13 heavy (non-hydrogen) atoms. The van der Waals surface area contributed by atoms with E-state index in [-0.39, 0.29) is 17.6 Å². The number of Topliss-reactive ketones (excluding diaryl/α,β-unsaturated/α-hetero) is 1. The van der Waals surface area contributed by atoms with Crippen LogP contribution in [0, 0.1) is 11.8 Å². The van der Waals surface area contributed by atoms with Crippen LogP contribution in [0.25, 0.3) is 0 Å². The lowest BCUT2D eigenvalue weighted by Crippen LogP contribution is -2.45. The van der Waals surface area contributed by atoms with Gasteiger partial charge in [-0.05, 0) is 25.7 Å². The lowest BCUT2D eigenvalue weighted by molar-refractivity contribution is -0.137. The Labute approximate surface area is 80.3 Å². The van der Waals surface area contributed by atoms with E-state index in [0.29, 0.717) is 6.42 Å². The Balaban J connectivity index is 2.73. The molecule has 2 heteroatoms. The van der Waals surface area contributed by atoms with E-state index in [0.717, 1.165) is 19.3 Å². The first kappa shape index (κ1) is 10.7. The van der Waals surface area contributed by atoms with Gasteiger partial charge >= 0.3 is 0 Å². The Bertz CT molecular complexity index is 194. The molecule has 1 N–H and O–H groups in total. The molecule has 0 spiro atoms. The van der Waals surface area contributed by atoms with Crippen molar-refractivity contribution in [2.24, 2.45) is 11.8 Å². The molecular formula is C11H20O2. The summed E-state index contributed by atoms with van der Waals surface area (Å²) in [7, 11) is 0. The van der Waals surface area contributed by atoms with Gasteiger partial charge in [0.25, 0.3) is 0 Å². The Morgan fingerprint density at radius 2 is 2.08 bits per heavy atom. The highest BCUT2D eigenvalue weighted by molar-refractivity contribution is 5.82. The number of ketones is 1. The lowest BCUT2D eigenvalue weighted by atomic mass is 9.72. The van der Waals surface area contributed by atoms with Crippen LogP contribution >= 0.6 is 0 Å². The predicted octanol–water partition coefficient (Wildman–Crippen LogP) is 2.15. The fourth-order valence-electron chi connectivity index (χ4n) is 2.00. The van der Waals surface area contributed by atoms with Crippen LogP contribution in [0.5, 0.6) is 0 Å². The van der Waals surface area contributed by atoms with Gasteiger partial charge in [-0.2, -0.15) is 0 Å². The SMILES string of the molecule is CC(C)C(C)(O)C1CCCCC1=O. The summed E-state index contributed by atoms with van der Waals surface area (Å²) in [4.78, 5) is 11.6. The standard InChI is InChI=1S/C11H20O2/c1-8(2)11(3,13)9-6-4-5-7-10(9)12/h8-9,13H,4-7H2,1-3H3. The second-order valence-corrected chi connectivity index (χ2v) is 4.65. The van der Waals surface area contributed by atoms with E-state index in [2.05, 4.69) is 0 Å². The Morgan fingerprint density at radius 1 is 1.46 bits per heavy atom. The maximum atomic E-state index is 11.6. The topological polar surface area (TPSA) is 37.3 Å². The van der Waals surface area contributed by atoms with Crippen molar-refractivity contribution in [3.63, 3.8) is 0 Å². The van der Waals surface area contributed by atoms with Crippen molar-refractivity contribution in [2.45, 2.75) is 52.1 Å². The molecule has 2 nitrogen and oxygen atoms in total. The summed E-state index contributed by atoms with van der Waals surface area (Å²) in [5.74, 6) is 0.283. The van der Waals surface area contributed by atoms with Gasteiger partial charge in [0, 0.05) is 12.3 Å². The largest absolute Gasteiger partial charge is 0.389 e. The second-order valence-electron chi connectivity index (χ2n) is 4.65. The molecule has 2 unspecified atom stereocenters. The van der Waals surface area contributed by atoms with Crippen LogP contribution in [0.1, 0.15) is 46.5 Å². The molecule has 1 fully saturated rings. The molecule has 2 atom stereocenters. The number of carbonyl (C=O) groups is 1. The molecule has 0 aliphatic heterocycles. The summed E-state index contributed by atoms with van der Waals surface area (Å²) < 4.78 is 0. The number of carbonyl (C=O) groups excluding carboxylic acids is 1. The molecule has 1 aliphatic carbocycles. The van der Waals surface area contributed by atoms with Gasteiger partial charge in [0.1, 0.15) is 5.78 Å². The summed E-state index contributed by atoms with van der Waals surface area (Å²) in [5, 5.41) is 10.2. The van der Waals surface area contributed by atoms with Gasteiger partial charge in [-0.1, -0.05) is 20.3 Å². The van der Waals surface area contributed by atoms with Crippen LogP contribution in [0.4, 0.5) is 0 Å². The van der Waals surface area contributed by atoms with E-state index in [4.69, 9.17) is 0 Å². The highest BCUT2D eigenvalue weighted by Crippen LogP contribution is 2.34. The molecule has 0 amide bonds. The number of hydrogen-bond donors (Lipinski definition) is 1. The predicted molar refractivity (Wildman–Crippen MR) is 52.4 cm³/mol. The van der Waals surface area contributed by atoms with Gasteiger partial charge in [0.2, 0.25) is 0 Å². The molecule has 0 bridgehead atoms. The third-order valence-electron chi connectivity index (χ3n) is 3.43. The molecular weight excluding hydrogens is 164 g/mol. The van der Waals surface area contributed by atoms with Crippen LogP contribution in [-0.4, -0.2) is 16.5 Å². The van der Waals surface area contributed by atoms with Crippen LogP contribution < -0.4 is 0 Å². The molecule has 76 valence electrons. The average molecular weight is 184 g/mol. The van der Waals surface area contributed by atoms with E-state index in [1.807, 2.05) is 13.8 Å². The second kappa shape index (κ2) is 3.79. The minimum Gasteiger partial charge on any atom is -0.389 e. The minimum atomic E-state index is -0.808. The summed E-state index contributed by atoms with van der Waals surface area (Å²) in [6.45, 7) is 5.75. The van der Waals surface area contributed by atoms with E-state index < -0.39 is 5.60 Å². The van der Waals surface area contributed by atoms with Crippen molar-refractivity contribution in [1.82, 2.24) is 0 Å². The molecule has 1 saturated carbocycles. The first-order valence-electron chi connectivity index (χ1n) is 5.21. The van der Waals surface area contributed by atoms with Crippen molar-refractivity contribution >= 4 is 5.78 Å². The van der Waals surface area contributed by atoms with Crippen LogP contribution in [0.2, 0.25) is 0 Å². The fourth-order valence-corrected chi connectivity index (χ4v) is 2.00. The molecule has 0 radical (unpaired) electrons. The zero-order chi connectivity index (χ0) is 10.1. The number of aliphatic hydroxyl groups is 1. The minimum absolute atomic E-state index is 0.124. The highest BCUT2D eigenvalue weighted by atomic mass is 16.3. The van der Waals surface area contributed by atoms with Crippen molar-refractivity contribution < 1.29 is 9.90 Å². The summed E-state index contributed by atoms with van der Waals surface area (Å²) in [6, 6.07) is 0. The lowest BCUT2D eigenvalue weighted by Gasteiger charge is -2.37. The Hall–Kier alpha value is -0.370. The number of rotatable bonds is 2. The molecule has 1 aliphatic rings. The molecule has 0 saturated heterocycles. The quantitative estimate of drug-likeness (QED) is 0.714. The smallest absolute Gasteiger partial charge is 0.138 e. The highest BCUT2D eigenvalue weighted by Gasteiger charge is 2.40. The summed E-state index contributed by atoms with van der Waals surface area (Å²) in [6.07, 6.45) is 3.61. The van der Waals surface area contributed by atoms with Crippen LogP contribution in [-0.2, 0) is 4.79 Å². The van der Waals surface area contributed by atoms with Gasteiger partial charge in [-0.25, -0.2) is 0 Å². The number of hydrogen-bond acceptors (Lipinski definition) is 2. The third-order valence-corrected chi connectivity index (χ3v) is 3.43. The Kier molecular flexibility index (Phi) is 3.12. The maximum absolute atomic E-state index is 11.6. The van der Waals surface area contributed by atoms with Gasteiger partial charge in [0.15, 0.2) is 0 Å². The Morgan fingerprint density at radius 3 is 2.54 bits per heavy atom. The van der Waals surface area contributed by atoms with Crippen molar-refractivity contribution in [2.75, 3.05) is 0 Å². The molecule has 0 aromatic rings. The zero-order valence-electron chi connectivity index (χ0n) is 8.84. The van der Waals surface area contributed by atoms with Gasteiger partial charge < -0.3 is 5.11 Å². The summed E-state index contributed by atoms with van der Waals surface area (Å²) in [5.41, 5.74) is -0.808. The first-order valence-corrected chi connectivity index (χ1v) is 5.21. The van der Waals surface area contributed by atoms with Crippen LogP contribution in [0.3, 0.4) is 0 Å². The third kappa shape index (κ3) is 2.11. The molecule has 0 aromatic carbocycles. The van der Waals surface area contributed by atoms with E-state index >= 15 is 0 Å². The van der Waals surface area contributed by atoms with E-state index in [1.54, 1.807) is 6.92 Å². The monoisotopic (exact) mass is 184 g/mol. The van der Waals surface area contributed by atoms with Gasteiger partial charge in [0.05, 0.1) is 5.60 Å². The summed E-state index contributed by atoms with van der Waals surface area (Å²) >= 11 is 0. The van der Waals surface area contributed by atoms with Crippen molar-refractivity contribution in [3.8, 4) is 0 Å². The van der Waals surface area contributed by atoms with Crippen molar-refractivity contribution in [3.05, 3.63) is 0 Å². The zero-order valence-corrected chi connectivity index (χ0v) is 8.84. The van der Waals surface area contributed by atoms with Crippen LogP contribution in [0.15, 0.2) is 0 Å². The van der Waals surface area contributed by atoms with Gasteiger partial charge in [-0.3, -0.25) is 4.79 Å². The maximum Gasteiger partial charge on any atom is 0.138 e. The average Bonchev–Trinajstić information content (AvgIpc) is 2.04. The van der Waals surface area contributed by atoms with Gasteiger partial charge in [-0.15, -0.1) is 0 Å². The van der Waals surface area contributed by atoms with E-state index in [9.17, 15) is 9.90 Å². The molecule has 1 rings (SSSR count). The first-order chi connectivity index (χ1) is 5.96. The normalized spacial score (nSPS) is 29.0. The molecule has 0 aromatic heterocycles. The fraction of sp³-hybridized carbons (Fsp3) is 0.909. The van der Waals surface area contributed by atoms with E-state index in [1.165, 1.54) is 0 Å². The molecule has 0 heterocycles.